The molecule has 1 aromatic carbocycles. The molecular weight excluding hydrogens is 252 g/mol. The Morgan fingerprint density at radius 2 is 2.05 bits per heavy atom. The topological polar surface area (TPSA) is 64.3 Å². The lowest BCUT2D eigenvalue weighted by atomic mass is 9.85. The van der Waals surface area contributed by atoms with E-state index in [0.29, 0.717) is 0 Å². The molecule has 0 saturated heterocycles. The van der Waals surface area contributed by atoms with Crippen LogP contribution in [0.4, 0.5) is 0 Å². The van der Waals surface area contributed by atoms with Gasteiger partial charge in [-0.15, -0.1) is 0 Å². The Morgan fingerprint density at radius 3 is 2.65 bits per heavy atom. The van der Waals surface area contributed by atoms with Gasteiger partial charge in [0.05, 0.1) is 13.2 Å². The summed E-state index contributed by atoms with van der Waals surface area (Å²) in [6.07, 6.45) is 3.85. The van der Waals surface area contributed by atoms with E-state index in [-0.39, 0.29) is 23.9 Å². The molecule has 2 rings (SSSR count). The van der Waals surface area contributed by atoms with Gasteiger partial charge in [0.25, 0.3) is 0 Å². The van der Waals surface area contributed by atoms with Crippen LogP contribution < -0.4 is 15.8 Å². The lowest BCUT2D eigenvalue weighted by Crippen LogP contribution is -2.38. The molecule has 4 nitrogen and oxygen atoms in total. The predicted molar refractivity (Wildman–Crippen MR) is 79.5 cm³/mol. The van der Waals surface area contributed by atoms with Crippen molar-refractivity contribution in [2.45, 2.75) is 44.7 Å². The summed E-state index contributed by atoms with van der Waals surface area (Å²) in [7, 11) is 1.65. The molecule has 3 atom stereocenters. The van der Waals surface area contributed by atoms with Gasteiger partial charge in [0.2, 0.25) is 5.91 Å². The highest BCUT2D eigenvalue weighted by molar-refractivity contribution is 5.79. The first-order valence-electron chi connectivity index (χ1n) is 7.30. The van der Waals surface area contributed by atoms with Gasteiger partial charge in [0, 0.05) is 12.0 Å². The molecule has 1 amide bonds. The molecule has 0 radical (unpaired) electrons. The largest absolute Gasteiger partial charge is 0.497 e. The number of hydrogen-bond donors (Lipinski definition) is 2. The standard InChI is InChI=1S/C16H24N2O2/c1-11(12-6-8-15(20-2)9-7-12)18-16(19)13-4-3-5-14(17)10-13/h6-9,11,13-14H,3-5,10,17H2,1-2H3,(H,18,19)/t11-,13?,14?/m0/s1. The van der Waals surface area contributed by atoms with E-state index in [4.69, 9.17) is 10.5 Å². The minimum Gasteiger partial charge on any atom is -0.497 e. The Hall–Kier alpha value is -1.55. The Kier molecular flexibility index (Phi) is 5.01. The van der Waals surface area contributed by atoms with Gasteiger partial charge in [-0.25, -0.2) is 0 Å². The first kappa shape index (κ1) is 14.9. The highest BCUT2D eigenvalue weighted by Gasteiger charge is 2.26. The van der Waals surface area contributed by atoms with Crippen LogP contribution in [0.5, 0.6) is 5.75 Å². The van der Waals surface area contributed by atoms with Crippen LogP contribution in [0.15, 0.2) is 24.3 Å². The van der Waals surface area contributed by atoms with E-state index in [9.17, 15) is 4.79 Å². The molecule has 1 aromatic rings. The van der Waals surface area contributed by atoms with Crippen LogP contribution in [0.1, 0.15) is 44.2 Å². The molecule has 1 aliphatic rings. The van der Waals surface area contributed by atoms with E-state index in [1.54, 1.807) is 7.11 Å². The number of nitrogens with two attached hydrogens (primary N) is 1. The average molecular weight is 276 g/mol. The van der Waals surface area contributed by atoms with E-state index >= 15 is 0 Å². The molecule has 4 heteroatoms. The van der Waals surface area contributed by atoms with Gasteiger partial charge in [0.15, 0.2) is 0 Å². The van der Waals surface area contributed by atoms with Gasteiger partial charge in [-0.3, -0.25) is 4.79 Å². The highest BCUT2D eigenvalue weighted by atomic mass is 16.5. The van der Waals surface area contributed by atoms with Crippen molar-refractivity contribution in [2.24, 2.45) is 11.7 Å². The van der Waals surface area contributed by atoms with Crippen molar-refractivity contribution in [3.63, 3.8) is 0 Å². The number of hydrogen-bond acceptors (Lipinski definition) is 3. The Balaban J connectivity index is 1.92. The monoisotopic (exact) mass is 276 g/mol. The normalized spacial score (nSPS) is 23.9. The lowest BCUT2D eigenvalue weighted by molar-refractivity contribution is -0.126. The third kappa shape index (κ3) is 3.73. The zero-order valence-electron chi connectivity index (χ0n) is 12.3. The fourth-order valence-corrected chi connectivity index (χ4v) is 2.77. The van der Waals surface area contributed by atoms with E-state index in [0.717, 1.165) is 37.0 Å². The average Bonchev–Trinajstić information content (AvgIpc) is 2.47. The van der Waals surface area contributed by atoms with Gasteiger partial charge >= 0.3 is 0 Å². The van der Waals surface area contributed by atoms with Crippen molar-refractivity contribution in [3.8, 4) is 5.75 Å². The maximum atomic E-state index is 12.3. The molecule has 2 unspecified atom stereocenters. The van der Waals surface area contributed by atoms with Crippen molar-refractivity contribution < 1.29 is 9.53 Å². The Morgan fingerprint density at radius 1 is 1.35 bits per heavy atom. The smallest absolute Gasteiger partial charge is 0.223 e. The summed E-state index contributed by atoms with van der Waals surface area (Å²) in [4.78, 5) is 12.3. The summed E-state index contributed by atoms with van der Waals surface area (Å²) in [5.74, 6) is 1.02. The zero-order chi connectivity index (χ0) is 14.5. The van der Waals surface area contributed by atoms with Crippen LogP contribution in [0, 0.1) is 5.92 Å². The van der Waals surface area contributed by atoms with Crippen molar-refractivity contribution in [1.82, 2.24) is 5.32 Å². The van der Waals surface area contributed by atoms with Gasteiger partial charge in [-0.1, -0.05) is 18.6 Å². The summed E-state index contributed by atoms with van der Waals surface area (Å²) < 4.78 is 5.14. The Labute approximate surface area is 120 Å². The summed E-state index contributed by atoms with van der Waals surface area (Å²) in [5.41, 5.74) is 7.03. The first-order valence-corrected chi connectivity index (χ1v) is 7.30. The van der Waals surface area contributed by atoms with Crippen LogP contribution in [0.2, 0.25) is 0 Å². The van der Waals surface area contributed by atoms with Crippen molar-refractivity contribution >= 4 is 5.91 Å². The Bertz CT molecular complexity index is 444. The van der Waals surface area contributed by atoms with Crippen molar-refractivity contribution in [1.29, 1.82) is 0 Å². The molecule has 3 N–H and O–H groups in total. The third-order valence-corrected chi connectivity index (χ3v) is 4.06. The molecule has 1 fully saturated rings. The fraction of sp³-hybridized carbons (Fsp3) is 0.562. The van der Waals surface area contributed by atoms with Crippen LogP contribution in [0.25, 0.3) is 0 Å². The maximum Gasteiger partial charge on any atom is 0.223 e. The molecular formula is C16H24N2O2. The van der Waals surface area contributed by atoms with E-state index < -0.39 is 0 Å². The molecule has 0 aromatic heterocycles. The van der Waals surface area contributed by atoms with E-state index in [2.05, 4.69) is 5.32 Å². The number of benzene rings is 1. The second kappa shape index (κ2) is 6.75. The first-order chi connectivity index (χ1) is 9.60. The second-order valence-corrected chi connectivity index (χ2v) is 5.63. The molecule has 20 heavy (non-hydrogen) atoms. The van der Waals surface area contributed by atoms with Crippen LogP contribution >= 0.6 is 0 Å². The van der Waals surface area contributed by atoms with Crippen molar-refractivity contribution in [2.75, 3.05) is 7.11 Å². The number of ether oxygens (including phenoxy) is 1. The molecule has 110 valence electrons. The summed E-state index contributed by atoms with van der Waals surface area (Å²) >= 11 is 0. The summed E-state index contributed by atoms with van der Waals surface area (Å²) in [6.45, 7) is 2.00. The number of rotatable bonds is 4. The van der Waals surface area contributed by atoms with Gasteiger partial charge in [-0.05, 0) is 43.9 Å². The number of amides is 1. The summed E-state index contributed by atoms with van der Waals surface area (Å²) in [6, 6.07) is 7.97. The quantitative estimate of drug-likeness (QED) is 0.887. The lowest BCUT2D eigenvalue weighted by Gasteiger charge is -2.27. The van der Waals surface area contributed by atoms with Gasteiger partial charge in [0.1, 0.15) is 5.75 Å². The minimum absolute atomic E-state index is 0.00607. The van der Waals surface area contributed by atoms with E-state index in [1.807, 2.05) is 31.2 Å². The van der Waals surface area contributed by atoms with Gasteiger partial charge < -0.3 is 15.8 Å². The molecule has 0 aliphatic heterocycles. The minimum atomic E-state index is 0.00607. The summed E-state index contributed by atoms with van der Waals surface area (Å²) in [5, 5.41) is 3.09. The van der Waals surface area contributed by atoms with Crippen LogP contribution in [-0.4, -0.2) is 19.1 Å². The maximum absolute atomic E-state index is 12.3. The second-order valence-electron chi connectivity index (χ2n) is 5.63. The zero-order valence-corrected chi connectivity index (χ0v) is 12.3. The predicted octanol–water partition coefficient (Wildman–Crippen LogP) is 2.39. The van der Waals surface area contributed by atoms with Crippen molar-refractivity contribution in [3.05, 3.63) is 29.8 Å². The third-order valence-electron chi connectivity index (χ3n) is 4.06. The number of methoxy groups -OCH3 is 1. The number of carbonyl (C=O) groups excluding carboxylic acids is 1. The van der Waals surface area contributed by atoms with Crippen LogP contribution in [0.3, 0.4) is 0 Å². The molecule has 1 saturated carbocycles. The SMILES string of the molecule is COc1ccc([C@H](C)NC(=O)C2CCCC(N)C2)cc1. The van der Waals surface area contributed by atoms with Crippen LogP contribution in [-0.2, 0) is 4.79 Å². The number of nitrogens with one attached hydrogen (secondary N) is 1. The molecule has 0 bridgehead atoms. The fourth-order valence-electron chi connectivity index (χ4n) is 2.77. The van der Waals surface area contributed by atoms with Gasteiger partial charge in [-0.2, -0.15) is 0 Å². The molecule has 0 heterocycles. The molecule has 0 spiro atoms. The van der Waals surface area contributed by atoms with E-state index in [1.165, 1.54) is 0 Å². The molecule has 1 aliphatic carbocycles. The highest BCUT2D eigenvalue weighted by Crippen LogP contribution is 2.24. The number of carbonyl (C=O) groups is 1.